The fraction of sp³-hybridized carbons (Fsp3) is 0.200. The molecule has 3 aromatic rings. The van der Waals surface area contributed by atoms with Crippen LogP contribution in [0.1, 0.15) is 29.1 Å². The summed E-state index contributed by atoms with van der Waals surface area (Å²) in [6.07, 6.45) is 0.547. The van der Waals surface area contributed by atoms with E-state index < -0.39 is 5.56 Å². The SMILES string of the molecule is O=C(CCc1nnc(Cc2ccc(F)cc2)[nH]c1=O)NCc1ccc(F)cc1. The van der Waals surface area contributed by atoms with Gasteiger partial charge in [-0.05, 0) is 35.4 Å². The van der Waals surface area contributed by atoms with Gasteiger partial charge in [-0.2, -0.15) is 0 Å². The zero-order valence-electron chi connectivity index (χ0n) is 14.9. The summed E-state index contributed by atoms with van der Waals surface area (Å²) in [6, 6.07) is 11.7. The molecular formula is C20H18F2N4O2. The third-order valence-corrected chi connectivity index (χ3v) is 4.09. The summed E-state index contributed by atoms with van der Waals surface area (Å²) < 4.78 is 25.8. The molecule has 3 rings (SSSR count). The molecule has 8 heteroatoms. The minimum Gasteiger partial charge on any atom is -0.352 e. The van der Waals surface area contributed by atoms with E-state index in [1.165, 1.54) is 24.3 Å². The first-order chi connectivity index (χ1) is 13.5. The van der Waals surface area contributed by atoms with E-state index in [0.717, 1.165) is 11.1 Å². The van der Waals surface area contributed by atoms with E-state index in [2.05, 4.69) is 20.5 Å². The lowest BCUT2D eigenvalue weighted by Crippen LogP contribution is -2.25. The fourth-order valence-electron chi connectivity index (χ4n) is 2.56. The summed E-state index contributed by atoms with van der Waals surface area (Å²) in [5.74, 6) is -0.561. The molecule has 2 N–H and O–H groups in total. The quantitative estimate of drug-likeness (QED) is 0.654. The van der Waals surface area contributed by atoms with Gasteiger partial charge >= 0.3 is 0 Å². The number of amides is 1. The van der Waals surface area contributed by atoms with Crippen molar-refractivity contribution in [1.29, 1.82) is 0 Å². The number of aryl methyl sites for hydroxylation is 1. The summed E-state index contributed by atoms with van der Waals surface area (Å²) in [7, 11) is 0. The summed E-state index contributed by atoms with van der Waals surface area (Å²) >= 11 is 0. The molecule has 0 radical (unpaired) electrons. The third-order valence-electron chi connectivity index (χ3n) is 4.09. The average Bonchev–Trinajstić information content (AvgIpc) is 2.69. The number of halogens is 2. The third kappa shape index (κ3) is 5.54. The maximum atomic E-state index is 12.9. The number of hydrogen-bond acceptors (Lipinski definition) is 4. The molecule has 0 bridgehead atoms. The molecule has 0 atom stereocenters. The highest BCUT2D eigenvalue weighted by atomic mass is 19.1. The molecular weight excluding hydrogens is 366 g/mol. The Morgan fingerprint density at radius 2 is 1.54 bits per heavy atom. The van der Waals surface area contributed by atoms with Crippen molar-refractivity contribution in [2.45, 2.75) is 25.8 Å². The van der Waals surface area contributed by atoms with Crippen LogP contribution in [0.4, 0.5) is 8.78 Å². The van der Waals surface area contributed by atoms with Crippen LogP contribution in [0.15, 0.2) is 53.3 Å². The molecule has 0 fully saturated rings. The number of hydrogen-bond donors (Lipinski definition) is 2. The molecule has 1 heterocycles. The largest absolute Gasteiger partial charge is 0.352 e. The van der Waals surface area contributed by atoms with Gasteiger partial charge in [-0.1, -0.05) is 24.3 Å². The Morgan fingerprint density at radius 3 is 2.14 bits per heavy atom. The second kappa shape index (κ2) is 8.98. The summed E-state index contributed by atoms with van der Waals surface area (Å²) in [5, 5.41) is 10.6. The van der Waals surface area contributed by atoms with Crippen LogP contribution in [0.5, 0.6) is 0 Å². The molecule has 1 amide bonds. The van der Waals surface area contributed by atoms with Crippen LogP contribution >= 0.6 is 0 Å². The zero-order chi connectivity index (χ0) is 19.9. The second-order valence-corrected chi connectivity index (χ2v) is 6.25. The summed E-state index contributed by atoms with van der Waals surface area (Å²) in [4.78, 5) is 26.7. The van der Waals surface area contributed by atoms with Crippen molar-refractivity contribution in [3.05, 3.63) is 93.2 Å². The monoisotopic (exact) mass is 384 g/mol. The number of nitrogens with one attached hydrogen (secondary N) is 2. The van der Waals surface area contributed by atoms with Gasteiger partial charge in [0.15, 0.2) is 0 Å². The van der Waals surface area contributed by atoms with Gasteiger partial charge in [0.05, 0.1) is 0 Å². The van der Waals surface area contributed by atoms with Crippen LogP contribution in [0.2, 0.25) is 0 Å². The van der Waals surface area contributed by atoms with Crippen LogP contribution in [0.3, 0.4) is 0 Å². The van der Waals surface area contributed by atoms with Gasteiger partial charge in [-0.25, -0.2) is 8.78 Å². The lowest BCUT2D eigenvalue weighted by atomic mass is 10.1. The standard InChI is InChI=1S/C20H18F2N4O2/c21-15-5-1-13(2-6-15)11-18-24-20(28)17(25-26-18)9-10-19(27)23-12-14-3-7-16(22)8-4-14/h1-8H,9-12H2,(H,23,27)(H,24,26,28). The molecule has 1 aromatic heterocycles. The average molecular weight is 384 g/mol. The topological polar surface area (TPSA) is 87.7 Å². The van der Waals surface area contributed by atoms with Gasteiger partial charge in [-0.3, -0.25) is 9.59 Å². The lowest BCUT2D eigenvalue weighted by molar-refractivity contribution is -0.121. The Morgan fingerprint density at radius 1 is 0.929 bits per heavy atom. The van der Waals surface area contributed by atoms with Crippen LogP contribution in [0.25, 0.3) is 0 Å². The molecule has 0 saturated carbocycles. The Bertz CT molecular complexity index is 1000. The van der Waals surface area contributed by atoms with E-state index in [1.807, 2.05) is 0 Å². The van der Waals surface area contributed by atoms with Crippen LogP contribution in [-0.4, -0.2) is 21.1 Å². The highest BCUT2D eigenvalue weighted by Gasteiger charge is 2.09. The summed E-state index contributed by atoms with van der Waals surface area (Å²) in [6.45, 7) is 0.276. The fourth-order valence-corrected chi connectivity index (χ4v) is 2.56. The Kier molecular flexibility index (Phi) is 6.21. The van der Waals surface area contributed by atoms with Crippen LogP contribution in [0, 0.1) is 11.6 Å². The molecule has 2 aromatic carbocycles. The van der Waals surface area contributed by atoms with E-state index >= 15 is 0 Å². The van der Waals surface area contributed by atoms with Crippen LogP contribution < -0.4 is 10.9 Å². The number of aromatic nitrogens is 3. The minimum absolute atomic E-state index is 0.0796. The molecule has 0 unspecified atom stereocenters. The highest BCUT2D eigenvalue weighted by Crippen LogP contribution is 2.06. The van der Waals surface area contributed by atoms with Crippen molar-refractivity contribution >= 4 is 5.91 Å². The molecule has 6 nitrogen and oxygen atoms in total. The van der Waals surface area contributed by atoms with Crippen molar-refractivity contribution in [3.63, 3.8) is 0 Å². The predicted octanol–water partition coefficient (Wildman–Crippen LogP) is 2.28. The molecule has 0 aliphatic heterocycles. The number of carbonyl (C=O) groups excluding carboxylic acids is 1. The molecule has 0 aliphatic carbocycles. The van der Waals surface area contributed by atoms with E-state index in [9.17, 15) is 18.4 Å². The van der Waals surface area contributed by atoms with Crippen molar-refractivity contribution in [2.75, 3.05) is 0 Å². The lowest BCUT2D eigenvalue weighted by Gasteiger charge is -2.05. The number of H-pyrrole nitrogens is 1. The van der Waals surface area contributed by atoms with Gasteiger partial charge < -0.3 is 10.3 Å². The van der Waals surface area contributed by atoms with Crippen molar-refractivity contribution < 1.29 is 13.6 Å². The smallest absolute Gasteiger partial charge is 0.272 e. The normalized spacial score (nSPS) is 10.6. The minimum atomic E-state index is -0.404. The maximum Gasteiger partial charge on any atom is 0.272 e. The Hall–Kier alpha value is -3.42. The van der Waals surface area contributed by atoms with Gasteiger partial charge in [0.2, 0.25) is 5.91 Å². The first-order valence-electron chi connectivity index (χ1n) is 8.70. The molecule has 0 spiro atoms. The molecule has 0 saturated heterocycles. The van der Waals surface area contributed by atoms with Crippen molar-refractivity contribution in [2.24, 2.45) is 0 Å². The molecule has 28 heavy (non-hydrogen) atoms. The number of benzene rings is 2. The summed E-state index contributed by atoms with van der Waals surface area (Å²) in [5.41, 5.74) is 1.33. The first-order valence-corrected chi connectivity index (χ1v) is 8.70. The Balaban J connectivity index is 1.51. The van der Waals surface area contributed by atoms with Gasteiger partial charge in [0.25, 0.3) is 5.56 Å². The second-order valence-electron chi connectivity index (χ2n) is 6.25. The number of aromatic amines is 1. The van der Waals surface area contributed by atoms with Gasteiger partial charge in [0, 0.05) is 25.8 Å². The van der Waals surface area contributed by atoms with E-state index in [4.69, 9.17) is 0 Å². The van der Waals surface area contributed by atoms with E-state index in [0.29, 0.717) is 12.2 Å². The van der Waals surface area contributed by atoms with Crippen molar-refractivity contribution in [3.8, 4) is 0 Å². The number of rotatable bonds is 7. The van der Waals surface area contributed by atoms with Gasteiger partial charge in [0.1, 0.15) is 23.2 Å². The van der Waals surface area contributed by atoms with Gasteiger partial charge in [-0.15, -0.1) is 10.2 Å². The van der Waals surface area contributed by atoms with E-state index in [-0.39, 0.29) is 42.6 Å². The Labute approximate surface area is 159 Å². The first kappa shape index (κ1) is 19.3. The van der Waals surface area contributed by atoms with Crippen LogP contribution in [-0.2, 0) is 24.2 Å². The maximum absolute atomic E-state index is 12.9. The number of carbonyl (C=O) groups is 1. The predicted molar refractivity (Wildman–Crippen MR) is 98.4 cm³/mol. The van der Waals surface area contributed by atoms with E-state index in [1.54, 1.807) is 24.3 Å². The molecule has 144 valence electrons. The zero-order valence-corrected chi connectivity index (χ0v) is 14.9. The molecule has 0 aliphatic rings. The van der Waals surface area contributed by atoms with Crippen molar-refractivity contribution in [1.82, 2.24) is 20.5 Å². The number of nitrogens with zero attached hydrogens (tertiary/aromatic N) is 2. The highest BCUT2D eigenvalue weighted by molar-refractivity contribution is 5.76.